The highest BCUT2D eigenvalue weighted by Gasteiger charge is 2.23. The molecule has 0 bridgehead atoms. The van der Waals surface area contributed by atoms with E-state index in [0.29, 0.717) is 17.1 Å². The molecular formula is C22H20N4O3S. The molecule has 0 spiro atoms. The van der Waals surface area contributed by atoms with Gasteiger partial charge in [0.15, 0.2) is 11.2 Å². The van der Waals surface area contributed by atoms with Gasteiger partial charge in [-0.2, -0.15) is 0 Å². The molecule has 30 heavy (non-hydrogen) atoms. The van der Waals surface area contributed by atoms with Crippen molar-refractivity contribution in [2.45, 2.75) is 26.4 Å². The minimum Gasteiger partial charge on any atom is -0.449 e. The Balaban J connectivity index is 1.51. The summed E-state index contributed by atoms with van der Waals surface area (Å²) in [6.45, 7) is 3.81. The lowest BCUT2D eigenvalue weighted by atomic mass is 10.1. The number of fused-ring (bicyclic) bond motifs is 1. The van der Waals surface area contributed by atoms with Crippen LogP contribution in [-0.2, 0) is 9.53 Å². The Hall–Kier alpha value is -3.52. The number of aromatic amines is 1. The van der Waals surface area contributed by atoms with Gasteiger partial charge in [-0.3, -0.25) is 10.1 Å². The van der Waals surface area contributed by atoms with Crippen LogP contribution in [0.5, 0.6) is 0 Å². The number of amides is 1. The van der Waals surface area contributed by atoms with Crippen LogP contribution in [0.15, 0.2) is 54.0 Å². The summed E-state index contributed by atoms with van der Waals surface area (Å²) in [7, 11) is 0. The van der Waals surface area contributed by atoms with Crippen LogP contribution in [0.3, 0.4) is 0 Å². The first-order chi connectivity index (χ1) is 14.5. The average Bonchev–Trinajstić information content (AvgIpc) is 3.41. The number of carbonyl (C=O) groups excluding carboxylic acids is 2. The van der Waals surface area contributed by atoms with Gasteiger partial charge in [-0.15, -0.1) is 11.3 Å². The van der Waals surface area contributed by atoms with Crippen LogP contribution in [0.1, 0.15) is 29.3 Å². The number of nitrogens with one attached hydrogen (secondary N) is 2. The number of benzene rings is 2. The fraction of sp³-hybridized carbons (Fsp3) is 0.182. The van der Waals surface area contributed by atoms with Crippen molar-refractivity contribution in [3.05, 3.63) is 65.2 Å². The molecule has 2 N–H and O–H groups in total. The highest BCUT2D eigenvalue weighted by Crippen LogP contribution is 2.22. The van der Waals surface area contributed by atoms with E-state index in [4.69, 9.17) is 4.74 Å². The number of rotatable bonds is 6. The van der Waals surface area contributed by atoms with E-state index in [0.717, 1.165) is 22.4 Å². The van der Waals surface area contributed by atoms with Gasteiger partial charge in [-0.1, -0.05) is 36.8 Å². The molecule has 7 nitrogen and oxygen atoms in total. The Labute approximate surface area is 177 Å². The first kappa shape index (κ1) is 19.8. The fourth-order valence-corrected chi connectivity index (χ4v) is 3.51. The molecule has 0 aliphatic heterocycles. The third-order valence-electron chi connectivity index (χ3n) is 4.62. The molecule has 1 unspecified atom stereocenters. The summed E-state index contributed by atoms with van der Waals surface area (Å²) in [6.07, 6.45) is 1.05. The molecule has 0 aliphatic rings. The van der Waals surface area contributed by atoms with Crippen molar-refractivity contribution in [2.75, 3.05) is 5.32 Å². The van der Waals surface area contributed by atoms with Crippen LogP contribution in [-0.4, -0.2) is 32.9 Å². The lowest BCUT2D eigenvalue weighted by Crippen LogP contribution is -2.32. The highest BCUT2D eigenvalue weighted by atomic mass is 32.1. The van der Waals surface area contributed by atoms with Crippen LogP contribution in [0, 0.1) is 6.92 Å². The molecule has 0 radical (unpaired) electrons. The van der Waals surface area contributed by atoms with E-state index in [2.05, 4.69) is 20.3 Å². The third kappa shape index (κ3) is 4.23. The summed E-state index contributed by atoms with van der Waals surface area (Å²) in [5.74, 6) is -0.237. The third-order valence-corrected chi connectivity index (χ3v) is 5.31. The number of esters is 1. The van der Waals surface area contributed by atoms with Crippen molar-refractivity contribution in [3.63, 3.8) is 0 Å². The van der Waals surface area contributed by atoms with Crippen LogP contribution in [0.2, 0.25) is 0 Å². The van der Waals surface area contributed by atoms with Crippen molar-refractivity contribution in [1.29, 1.82) is 0 Å². The number of hydrogen-bond donors (Lipinski definition) is 2. The van der Waals surface area contributed by atoms with Crippen molar-refractivity contribution in [2.24, 2.45) is 0 Å². The van der Waals surface area contributed by atoms with E-state index in [-0.39, 0.29) is 0 Å². The van der Waals surface area contributed by atoms with Gasteiger partial charge < -0.3 is 9.72 Å². The number of anilines is 1. The van der Waals surface area contributed by atoms with E-state index < -0.39 is 18.0 Å². The summed E-state index contributed by atoms with van der Waals surface area (Å²) in [5.41, 5.74) is 3.95. The van der Waals surface area contributed by atoms with Gasteiger partial charge in [0.05, 0.1) is 16.6 Å². The smallest absolute Gasteiger partial charge is 0.338 e. The molecule has 152 valence electrons. The van der Waals surface area contributed by atoms with Gasteiger partial charge in [-0.05, 0) is 31.5 Å². The van der Waals surface area contributed by atoms with Crippen LogP contribution >= 0.6 is 11.3 Å². The summed E-state index contributed by atoms with van der Waals surface area (Å²) in [4.78, 5) is 36.8. The van der Waals surface area contributed by atoms with Crippen LogP contribution in [0.4, 0.5) is 5.13 Å². The SMILES string of the molecule is CCC(OC(=O)c1ccc2nc(-c3ccc(C)cc3)[nH]c2c1)C(=O)Nc1nccs1. The fourth-order valence-electron chi connectivity index (χ4n) is 2.98. The molecule has 1 atom stereocenters. The van der Waals surface area contributed by atoms with Crippen molar-refractivity contribution >= 4 is 39.4 Å². The van der Waals surface area contributed by atoms with Crippen molar-refractivity contribution < 1.29 is 14.3 Å². The molecular weight excluding hydrogens is 400 g/mol. The van der Waals surface area contributed by atoms with Crippen LogP contribution in [0.25, 0.3) is 22.4 Å². The Morgan fingerprint density at radius 2 is 2.00 bits per heavy atom. The monoisotopic (exact) mass is 420 g/mol. The highest BCUT2D eigenvalue weighted by molar-refractivity contribution is 7.13. The van der Waals surface area contributed by atoms with Crippen LogP contribution < -0.4 is 5.32 Å². The topological polar surface area (TPSA) is 97.0 Å². The number of ether oxygens (including phenoxy) is 1. The number of hydrogen-bond acceptors (Lipinski definition) is 6. The number of nitrogens with zero attached hydrogens (tertiary/aromatic N) is 2. The van der Waals surface area contributed by atoms with Crippen molar-refractivity contribution in [1.82, 2.24) is 15.0 Å². The minimum absolute atomic E-state index is 0.349. The number of imidazole rings is 1. The Morgan fingerprint density at radius 1 is 1.20 bits per heavy atom. The summed E-state index contributed by atoms with van der Waals surface area (Å²) >= 11 is 1.30. The molecule has 0 saturated heterocycles. The Bertz CT molecular complexity index is 1180. The van der Waals surface area contributed by atoms with Gasteiger partial charge in [0.25, 0.3) is 5.91 Å². The van der Waals surface area contributed by atoms with Gasteiger partial charge in [-0.25, -0.2) is 14.8 Å². The quantitative estimate of drug-likeness (QED) is 0.446. The zero-order valence-corrected chi connectivity index (χ0v) is 17.3. The second-order valence-electron chi connectivity index (χ2n) is 6.81. The molecule has 8 heteroatoms. The standard InChI is InChI=1S/C22H20N4O3S/c1-3-18(20(27)26-22-23-10-11-30-22)29-21(28)15-8-9-16-17(12-15)25-19(24-16)14-6-4-13(2)5-7-14/h4-12,18H,3H2,1-2H3,(H,24,25)(H,23,26,27). The number of carbonyl (C=O) groups is 2. The predicted octanol–water partition coefficient (Wildman–Crippen LogP) is 4.57. The van der Waals surface area contributed by atoms with E-state index in [1.807, 2.05) is 31.2 Å². The molecule has 2 aromatic carbocycles. The zero-order valence-electron chi connectivity index (χ0n) is 16.5. The number of aryl methyl sites for hydroxylation is 1. The van der Waals surface area contributed by atoms with Gasteiger partial charge in [0.2, 0.25) is 0 Å². The molecule has 4 aromatic rings. The van der Waals surface area contributed by atoms with E-state index in [9.17, 15) is 9.59 Å². The predicted molar refractivity (Wildman–Crippen MR) is 117 cm³/mol. The van der Waals surface area contributed by atoms with Gasteiger partial charge in [0, 0.05) is 17.1 Å². The Kier molecular flexibility index (Phi) is 5.58. The number of H-pyrrole nitrogens is 1. The second kappa shape index (κ2) is 8.46. The molecule has 2 aromatic heterocycles. The normalized spacial score (nSPS) is 11.9. The summed E-state index contributed by atoms with van der Waals surface area (Å²) < 4.78 is 5.44. The second-order valence-corrected chi connectivity index (χ2v) is 7.71. The zero-order chi connectivity index (χ0) is 21.1. The number of thiazole rings is 1. The molecule has 4 rings (SSSR count). The molecule has 2 heterocycles. The van der Waals surface area contributed by atoms with E-state index in [1.165, 1.54) is 16.9 Å². The van der Waals surface area contributed by atoms with Gasteiger partial charge >= 0.3 is 5.97 Å². The largest absolute Gasteiger partial charge is 0.449 e. The average molecular weight is 420 g/mol. The first-order valence-electron chi connectivity index (χ1n) is 9.51. The van der Waals surface area contributed by atoms with Gasteiger partial charge in [0.1, 0.15) is 5.82 Å². The minimum atomic E-state index is -0.901. The maximum absolute atomic E-state index is 12.6. The molecule has 0 fully saturated rings. The molecule has 1 amide bonds. The summed E-state index contributed by atoms with van der Waals surface area (Å²) in [6, 6.07) is 13.1. The maximum atomic E-state index is 12.6. The Morgan fingerprint density at radius 3 is 2.70 bits per heavy atom. The summed E-state index contributed by atoms with van der Waals surface area (Å²) in [5, 5.41) is 4.89. The lowest BCUT2D eigenvalue weighted by Gasteiger charge is -2.15. The lowest BCUT2D eigenvalue weighted by molar-refractivity contribution is -0.124. The molecule has 0 aliphatic carbocycles. The maximum Gasteiger partial charge on any atom is 0.338 e. The van der Waals surface area contributed by atoms with E-state index >= 15 is 0 Å². The van der Waals surface area contributed by atoms with E-state index in [1.54, 1.807) is 36.7 Å². The number of aromatic nitrogens is 3. The molecule has 0 saturated carbocycles. The first-order valence-corrected chi connectivity index (χ1v) is 10.4. The van der Waals surface area contributed by atoms with Crippen molar-refractivity contribution in [3.8, 4) is 11.4 Å².